The predicted molar refractivity (Wildman–Crippen MR) is 105 cm³/mol. The molecule has 0 fully saturated rings. The van der Waals surface area contributed by atoms with E-state index in [2.05, 4.69) is 50.5 Å². The first-order valence-corrected chi connectivity index (χ1v) is 9.21. The number of rotatable bonds is 5. The van der Waals surface area contributed by atoms with Crippen LogP contribution >= 0.6 is 15.9 Å². The molecule has 0 radical (unpaired) electrons. The minimum absolute atomic E-state index is 0.131. The van der Waals surface area contributed by atoms with Gasteiger partial charge in [-0.25, -0.2) is 4.79 Å². The summed E-state index contributed by atoms with van der Waals surface area (Å²) in [5.41, 5.74) is 1.35. The Bertz CT molecular complexity index is 728. The first-order valence-electron chi connectivity index (χ1n) is 8.42. The van der Waals surface area contributed by atoms with Crippen LogP contribution in [0.4, 0.5) is 0 Å². The number of carbonyl (C=O) groups is 1. The summed E-state index contributed by atoms with van der Waals surface area (Å²) in [6.07, 6.45) is 0. The number of carbonyl (C=O) groups excluding carboxylic acids is 1. The highest BCUT2D eigenvalue weighted by atomic mass is 79.9. The third-order valence-electron chi connectivity index (χ3n) is 3.63. The van der Waals surface area contributed by atoms with E-state index in [1.165, 1.54) is 0 Å². The molecule has 134 valence electrons. The van der Waals surface area contributed by atoms with Crippen LogP contribution < -0.4 is 9.47 Å². The number of ether oxygens (including phenoxy) is 2. The Labute approximate surface area is 158 Å². The van der Waals surface area contributed by atoms with Gasteiger partial charge in [0, 0.05) is 10.0 Å². The van der Waals surface area contributed by atoms with Gasteiger partial charge in [-0.1, -0.05) is 50.5 Å². The number of hydrogen-bond acceptors (Lipinski definition) is 3. The molecule has 0 bridgehead atoms. The van der Waals surface area contributed by atoms with E-state index in [1.54, 1.807) is 24.3 Å². The molecule has 2 aromatic carbocycles. The number of esters is 1. The van der Waals surface area contributed by atoms with Gasteiger partial charge in [-0.15, -0.1) is 0 Å². The van der Waals surface area contributed by atoms with Crippen molar-refractivity contribution in [2.45, 2.75) is 40.0 Å². The van der Waals surface area contributed by atoms with Crippen LogP contribution in [0.3, 0.4) is 0 Å². The fraction of sp³-hybridized carbons (Fsp3) is 0.381. The van der Waals surface area contributed by atoms with Crippen molar-refractivity contribution in [3.05, 3.63) is 58.1 Å². The smallest absolute Gasteiger partial charge is 0.343 e. The zero-order valence-electron chi connectivity index (χ0n) is 15.4. The second-order valence-corrected chi connectivity index (χ2v) is 8.42. The molecular formula is C21H25BrO3. The van der Waals surface area contributed by atoms with Gasteiger partial charge in [0.15, 0.2) is 0 Å². The fourth-order valence-electron chi connectivity index (χ4n) is 2.29. The van der Waals surface area contributed by atoms with Gasteiger partial charge in [-0.2, -0.15) is 0 Å². The van der Waals surface area contributed by atoms with Crippen LogP contribution in [-0.4, -0.2) is 12.6 Å². The largest absolute Gasteiger partial charge is 0.493 e. The Hall–Kier alpha value is -1.81. The van der Waals surface area contributed by atoms with Crippen LogP contribution in [0, 0.1) is 5.92 Å². The van der Waals surface area contributed by atoms with Gasteiger partial charge < -0.3 is 9.47 Å². The van der Waals surface area contributed by atoms with Crippen molar-refractivity contribution in [1.82, 2.24) is 0 Å². The topological polar surface area (TPSA) is 35.5 Å². The van der Waals surface area contributed by atoms with Gasteiger partial charge >= 0.3 is 5.97 Å². The molecule has 3 nitrogen and oxygen atoms in total. The molecule has 0 heterocycles. The van der Waals surface area contributed by atoms with Crippen molar-refractivity contribution in [1.29, 1.82) is 0 Å². The minimum atomic E-state index is -0.372. The van der Waals surface area contributed by atoms with Gasteiger partial charge in [-0.3, -0.25) is 0 Å². The number of halogens is 1. The van der Waals surface area contributed by atoms with E-state index in [0.717, 1.165) is 15.8 Å². The summed E-state index contributed by atoms with van der Waals surface area (Å²) >= 11 is 3.48. The molecule has 0 N–H and O–H groups in total. The lowest BCUT2D eigenvalue weighted by Gasteiger charge is -2.22. The predicted octanol–water partition coefficient (Wildman–Crippen LogP) is 6.00. The molecule has 0 spiro atoms. The summed E-state index contributed by atoms with van der Waals surface area (Å²) in [4.78, 5) is 12.5. The lowest BCUT2D eigenvalue weighted by molar-refractivity contribution is 0.0732. The van der Waals surface area contributed by atoms with Gasteiger partial charge in [-0.05, 0) is 53.8 Å². The summed E-state index contributed by atoms with van der Waals surface area (Å²) in [5.74, 6) is 1.42. The highest BCUT2D eigenvalue weighted by Crippen LogP contribution is 2.34. The van der Waals surface area contributed by atoms with E-state index in [4.69, 9.17) is 9.47 Å². The molecule has 2 rings (SSSR count). The third kappa shape index (κ3) is 5.60. The van der Waals surface area contributed by atoms with Crippen LogP contribution in [0.15, 0.2) is 46.9 Å². The first-order chi connectivity index (χ1) is 11.7. The second-order valence-electron chi connectivity index (χ2n) is 7.51. The first kappa shape index (κ1) is 19.5. The van der Waals surface area contributed by atoms with E-state index in [-0.39, 0.29) is 11.4 Å². The van der Waals surface area contributed by atoms with Gasteiger partial charge in [0.25, 0.3) is 0 Å². The Balaban J connectivity index is 2.15. The normalized spacial score (nSPS) is 11.5. The van der Waals surface area contributed by atoms with Gasteiger partial charge in [0.05, 0.1) is 12.2 Å². The van der Waals surface area contributed by atoms with Crippen molar-refractivity contribution in [3.8, 4) is 11.5 Å². The quantitative estimate of drug-likeness (QED) is 0.452. The Morgan fingerprint density at radius 3 is 2.28 bits per heavy atom. The Morgan fingerprint density at radius 1 is 1.08 bits per heavy atom. The van der Waals surface area contributed by atoms with Crippen molar-refractivity contribution in [2.75, 3.05) is 6.61 Å². The molecule has 0 aliphatic rings. The molecule has 0 aliphatic carbocycles. The lowest BCUT2D eigenvalue weighted by atomic mass is 9.86. The zero-order valence-corrected chi connectivity index (χ0v) is 17.0. The average Bonchev–Trinajstić information content (AvgIpc) is 2.54. The van der Waals surface area contributed by atoms with E-state index < -0.39 is 0 Å². The monoisotopic (exact) mass is 404 g/mol. The lowest BCUT2D eigenvalue weighted by Crippen LogP contribution is -2.16. The van der Waals surface area contributed by atoms with Crippen LogP contribution in [-0.2, 0) is 5.41 Å². The Kier molecular flexibility index (Phi) is 6.28. The van der Waals surface area contributed by atoms with Crippen molar-refractivity contribution < 1.29 is 14.3 Å². The van der Waals surface area contributed by atoms with E-state index >= 15 is 0 Å². The number of benzene rings is 2. The molecule has 0 atom stereocenters. The molecule has 25 heavy (non-hydrogen) atoms. The fourth-order valence-corrected chi connectivity index (χ4v) is 2.65. The molecule has 0 aromatic heterocycles. The van der Waals surface area contributed by atoms with E-state index in [1.807, 2.05) is 18.2 Å². The third-order valence-corrected chi connectivity index (χ3v) is 4.12. The zero-order chi connectivity index (χ0) is 18.6. The molecule has 0 unspecified atom stereocenters. The highest BCUT2D eigenvalue weighted by molar-refractivity contribution is 9.10. The van der Waals surface area contributed by atoms with E-state index in [9.17, 15) is 4.79 Å². The summed E-state index contributed by atoms with van der Waals surface area (Å²) in [7, 11) is 0. The maximum atomic E-state index is 12.5. The summed E-state index contributed by atoms with van der Waals surface area (Å²) in [5, 5.41) is 0. The van der Waals surface area contributed by atoms with Gasteiger partial charge in [0.2, 0.25) is 0 Å². The van der Waals surface area contributed by atoms with Crippen molar-refractivity contribution >= 4 is 21.9 Å². The van der Waals surface area contributed by atoms with Gasteiger partial charge in [0.1, 0.15) is 11.5 Å². The van der Waals surface area contributed by atoms with Crippen molar-refractivity contribution in [3.63, 3.8) is 0 Å². The molecule has 0 saturated heterocycles. The molecular weight excluding hydrogens is 380 g/mol. The molecule has 0 saturated carbocycles. The van der Waals surface area contributed by atoms with Crippen LogP contribution in [0.1, 0.15) is 50.5 Å². The highest BCUT2D eigenvalue weighted by Gasteiger charge is 2.21. The maximum absolute atomic E-state index is 12.5. The standard InChI is InChI=1S/C21H25BrO3/c1-14(2)13-24-17-9-6-15(7-10-17)20(23)25-19-11-8-16(22)12-18(19)21(3,4)5/h6-12,14H,13H2,1-5H3. The second kappa shape index (κ2) is 8.05. The molecule has 4 heteroatoms. The SMILES string of the molecule is CC(C)COc1ccc(C(=O)Oc2ccc(Br)cc2C(C)(C)C)cc1. The summed E-state index contributed by atoms with van der Waals surface area (Å²) in [6.45, 7) is 11.1. The molecule has 0 aliphatic heterocycles. The van der Waals surface area contributed by atoms with E-state index in [0.29, 0.717) is 23.8 Å². The van der Waals surface area contributed by atoms with Crippen LogP contribution in [0.2, 0.25) is 0 Å². The summed E-state index contributed by atoms with van der Waals surface area (Å²) in [6, 6.07) is 12.7. The maximum Gasteiger partial charge on any atom is 0.343 e. The van der Waals surface area contributed by atoms with Crippen LogP contribution in [0.25, 0.3) is 0 Å². The molecule has 2 aromatic rings. The summed E-state index contributed by atoms with van der Waals surface area (Å²) < 4.78 is 12.3. The number of hydrogen-bond donors (Lipinski definition) is 0. The van der Waals surface area contributed by atoms with Crippen molar-refractivity contribution in [2.24, 2.45) is 5.92 Å². The van der Waals surface area contributed by atoms with Crippen LogP contribution in [0.5, 0.6) is 11.5 Å². The molecule has 0 amide bonds. The Morgan fingerprint density at radius 2 is 1.72 bits per heavy atom. The minimum Gasteiger partial charge on any atom is -0.493 e. The average molecular weight is 405 g/mol.